The summed E-state index contributed by atoms with van der Waals surface area (Å²) in [5, 5.41) is 5.98. The lowest BCUT2D eigenvalue weighted by Crippen LogP contribution is -1.66. The van der Waals surface area contributed by atoms with Gasteiger partial charge in [-0.2, -0.15) is 0 Å². The molecular formula is C2H4NO. The summed E-state index contributed by atoms with van der Waals surface area (Å²) >= 11 is 0. The van der Waals surface area contributed by atoms with Gasteiger partial charge in [0.2, 0.25) is 0 Å². The Morgan fingerprint density at radius 1 is 2.00 bits per heavy atom. The normalized spacial score (nSPS) is 5.25. The summed E-state index contributed by atoms with van der Waals surface area (Å²) in [7, 11) is 1.38. The van der Waals surface area contributed by atoms with Crippen molar-refractivity contribution in [2.45, 2.75) is 0 Å². The molecule has 4 heavy (non-hydrogen) atoms. The quantitative estimate of drug-likeness (QED) is 0.337. The summed E-state index contributed by atoms with van der Waals surface area (Å²) in [6.45, 7) is 0. The molecule has 0 unspecified atom stereocenters. The van der Waals surface area contributed by atoms with Crippen LogP contribution in [0.1, 0.15) is 0 Å². The molecule has 0 spiro atoms. The molecule has 1 N–H and O–H groups in total. The van der Waals surface area contributed by atoms with E-state index in [2.05, 4.69) is 4.74 Å². The molecule has 0 amide bonds. The van der Waals surface area contributed by atoms with Gasteiger partial charge in [0, 0.05) is 0 Å². The predicted molar refractivity (Wildman–Crippen MR) is 14.7 cm³/mol. The van der Waals surface area contributed by atoms with Gasteiger partial charge in [0.15, 0.2) is 0 Å². The van der Waals surface area contributed by atoms with E-state index < -0.39 is 0 Å². The number of ether oxygens (including phenoxy) is 1. The number of hydrogen-bond donors (Lipinski definition) is 1. The average Bonchev–Trinajstić information content (AvgIpc) is 1.37. The molecule has 0 saturated heterocycles. The van der Waals surface area contributed by atoms with Gasteiger partial charge in [0.25, 0.3) is 6.40 Å². The maximum Gasteiger partial charge on any atom is 0.269 e. The first kappa shape index (κ1) is 3.47. The first-order valence-corrected chi connectivity index (χ1v) is 0.862. The Bertz CT molecular complexity index is 20.0. The minimum absolute atomic E-state index is 1.38. The van der Waals surface area contributed by atoms with E-state index in [1.165, 1.54) is 7.11 Å². The van der Waals surface area contributed by atoms with Crippen molar-refractivity contribution in [1.82, 2.24) is 0 Å². The van der Waals surface area contributed by atoms with Crippen molar-refractivity contribution in [3.63, 3.8) is 0 Å². The molecule has 0 aliphatic carbocycles. The molecule has 0 atom stereocenters. The Hall–Kier alpha value is -0.530. The third-order valence-electron chi connectivity index (χ3n) is 0.102. The molecule has 1 radical (unpaired) electrons. The fourth-order valence-corrected chi connectivity index (χ4v) is 0. The molecule has 0 aromatic heterocycles. The van der Waals surface area contributed by atoms with Crippen molar-refractivity contribution in [3.05, 3.63) is 0 Å². The van der Waals surface area contributed by atoms with Crippen molar-refractivity contribution in [1.29, 1.82) is 5.41 Å². The summed E-state index contributed by atoms with van der Waals surface area (Å²) in [5.74, 6) is 0. The number of methoxy groups -OCH3 is 1. The van der Waals surface area contributed by atoms with E-state index in [4.69, 9.17) is 5.41 Å². The molecule has 0 rings (SSSR count). The van der Waals surface area contributed by atoms with Gasteiger partial charge in [0.05, 0.1) is 7.11 Å². The summed E-state index contributed by atoms with van der Waals surface area (Å²) in [5.41, 5.74) is 0. The molecule has 0 heterocycles. The highest BCUT2D eigenvalue weighted by Crippen LogP contribution is 1.37. The van der Waals surface area contributed by atoms with Gasteiger partial charge >= 0.3 is 0 Å². The van der Waals surface area contributed by atoms with Crippen LogP contribution >= 0.6 is 0 Å². The summed E-state index contributed by atoms with van der Waals surface area (Å²) in [6, 6.07) is 0. The highest BCUT2D eigenvalue weighted by molar-refractivity contribution is 5.40. The van der Waals surface area contributed by atoms with Gasteiger partial charge in [0.1, 0.15) is 0 Å². The molecule has 0 fully saturated rings. The Labute approximate surface area is 24.9 Å². The van der Waals surface area contributed by atoms with E-state index in [0.717, 1.165) is 0 Å². The number of hydrogen-bond acceptors (Lipinski definition) is 2. The molecule has 2 nitrogen and oxygen atoms in total. The zero-order valence-electron chi connectivity index (χ0n) is 2.41. The van der Waals surface area contributed by atoms with E-state index >= 15 is 0 Å². The Balaban J connectivity index is 2.30. The van der Waals surface area contributed by atoms with E-state index in [1.807, 2.05) is 0 Å². The maximum absolute atomic E-state index is 5.98. The van der Waals surface area contributed by atoms with Crippen molar-refractivity contribution in [2.75, 3.05) is 7.11 Å². The highest BCUT2D eigenvalue weighted by Gasteiger charge is 1.43. The molecule has 2 heteroatoms. The lowest BCUT2D eigenvalue weighted by Gasteiger charge is -1.68. The van der Waals surface area contributed by atoms with Crippen LogP contribution in [0.5, 0.6) is 0 Å². The summed E-state index contributed by atoms with van der Waals surface area (Å²) < 4.78 is 3.96. The van der Waals surface area contributed by atoms with Crippen LogP contribution in [0.3, 0.4) is 0 Å². The van der Waals surface area contributed by atoms with Crippen LogP contribution in [0.15, 0.2) is 0 Å². The third-order valence-corrected chi connectivity index (χ3v) is 0.102. The lowest BCUT2D eigenvalue weighted by atomic mass is 11.5. The van der Waals surface area contributed by atoms with E-state index in [9.17, 15) is 0 Å². The van der Waals surface area contributed by atoms with Crippen molar-refractivity contribution in [3.8, 4) is 0 Å². The van der Waals surface area contributed by atoms with Gasteiger partial charge in [-0.05, 0) is 0 Å². The van der Waals surface area contributed by atoms with Gasteiger partial charge in [-0.15, -0.1) is 0 Å². The Kier molecular flexibility index (Phi) is 2.14. The summed E-state index contributed by atoms with van der Waals surface area (Å²) in [6.07, 6.45) is 1.68. The number of nitrogens with one attached hydrogen (secondary N) is 1. The molecule has 0 bridgehead atoms. The van der Waals surface area contributed by atoms with E-state index in [1.54, 1.807) is 6.40 Å². The molecule has 0 aliphatic heterocycles. The molecule has 0 aliphatic rings. The highest BCUT2D eigenvalue weighted by atomic mass is 16.5. The first-order chi connectivity index (χ1) is 1.91. The van der Waals surface area contributed by atoms with Crippen molar-refractivity contribution < 1.29 is 4.74 Å². The second kappa shape index (κ2) is 2.47. The Morgan fingerprint density at radius 2 is 2.25 bits per heavy atom. The average molecular weight is 58.1 g/mol. The van der Waals surface area contributed by atoms with E-state index in [0.29, 0.717) is 0 Å². The fourth-order valence-electron chi connectivity index (χ4n) is 0. The standard InChI is InChI=1S/C2H4NO/c1-4-2-3/h3H,1H3. The topological polar surface area (TPSA) is 33.1 Å². The lowest BCUT2D eigenvalue weighted by molar-refractivity contribution is 0.419. The smallest absolute Gasteiger partial charge is 0.269 e. The van der Waals surface area contributed by atoms with Gasteiger partial charge in [-0.25, -0.2) is 0 Å². The fraction of sp³-hybridized carbons (Fsp3) is 0.500. The molecule has 23 valence electrons. The predicted octanol–water partition coefficient (Wildman–Crippen LogP) is 0.117. The Morgan fingerprint density at radius 3 is 2.25 bits per heavy atom. The van der Waals surface area contributed by atoms with Crippen LogP contribution in [0, 0.1) is 5.41 Å². The van der Waals surface area contributed by atoms with Gasteiger partial charge in [-0.1, -0.05) is 0 Å². The van der Waals surface area contributed by atoms with Crippen LogP contribution in [-0.4, -0.2) is 13.5 Å². The third kappa shape index (κ3) is 1.47. The van der Waals surface area contributed by atoms with Crippen molar-refractivity contribution >= 4 is 6.40 Å². The minimum Gasteiger partial charge on any atom is -0.478 e. The molecular weight excluding hydrogens is 54.0 g/mol. The molecule has 0 saturated carbocycles. The van der Waals surface area contributed by atoms with Crippen molar-refractivity contribution in [2.24, 2.45) is 0 Å². The van der Waals surface area contributed by atoms with Gasteiger partial charge < -0.3 is 4.74 Å². The molecule has 0 aromatic rings. The minimum atomic E-state index is 1.38. The largest absolute Gasteiger partial charge is 0.478 e. The summed E-state index contributed by atoms with van der Waals surface area (Å²) in [4.78, 5) is 0. The van der Waals surface area contributed by atoms with Crippen LogP contribution in [0.25, 0.3) is 0 Å². The van der Waals surface area contributed by atoms with Crippen LogP contribution in [0.2, 0.25) is 0 Å². The molecule has 0 aromatic carbocycles. The first-order valence-electron chi connectivity index (χ1n) is 0.862. The van der Waals surface area contributed by atoms with Crippen LogP contribution in [-0.2, 0) is 4.74 Å². The van der Waals surface area contributed by atoms with E-state index in [-0.39, 0.29) is 0 Å². The van der Waals surface area contributed by atoms with Gasteiger partial charge in [-0.3, -0.25) is 5.41 Å². The monoisotopic (exact) mass is 58.0 g/mol. The zero-order chi connectivity index (χ0) is 3.41. The maximum atomic E-state index is 5.98. The van der Waals surface area contributed by atoms with Crippen LogP contribution < -0.4 is 0 Å². The number of rotatable bonds is 1. The second-order valence-electron chi connectivity index (χ2n) is 0.306. The van der Waals surface area contributed by atoms with Crippen LogP contribution in [0.4, 0.5) is 0 Å². The SMILES string of the molecule is CO[C]=N. The zero-order valence-corrected chi connectivity index (χ0v) is 2.41. The second-order valence-corrected chi connectivity index (χ2v) is 0.306.